The van der Waals surface area contributed by atoms with E-state index in [0.29, 0.717) is 23.0 Å². The lowest BCUT2D eigenvalue weighted by molar-refractivity contribution is 0.0598. The molecular weight excluding hydrogens is 272 g/mol. The second-order valence-electron chi connectivity index (χ2n) is 4.76. The van der Waals surface area contributed by atoms with Crippen molar-refractivity contribution in [3.8, 4) is 0 Å². The molecule has 1 aromatic heterocycles. The Balaban J connectivity index is 2.02. The summed E-state index contributed by atoms with van der Waals surface area (Å²) in [6, 6.07) is 10.1. The minimum absolute atomic E-state index is 0.357. The van der Waals surface area contributed by atoms with E-state index in [0.717, 1.165) is 4.90 Å². The predicted octanol–water partition coefficient (Wildman–Crippen LogP) is 4.48. The van der Waals surface area contributed by atoms with Crippen LogP contribution < -0.4 is 0 Å². The summed E-state index contributed by atoms with van der Waals surface area (Å²) in [5.41, 5.74) is 1.82. The number of thioether (sulfide) groups is 1. The molecule has 1 aromatic carbocycles. The van der Waals surface area contributed by atoms with Crippen molar-refractivity contribution >= 4 is 17.7 Å². The van der Waals surface area contributed by atoms with Crippen molar-refractivity contribution in [1.29, 1.82) is 0 Å². The van der Waals surface area contributed by atoms with Gasteiger partial charge in [-0.3, -0.25) is 0 Å². The Bertz CT molecular complexity index is 570. The molecule has 1 heterocycles. The quantitative estimate of drug-likeness (QED) is 0.601. The number of carbonyl (C=O) groups is 1. The van der Waals surface area contributed by atoms with E-state index in [1.807, 2.05) is 0 Å². The number of esters is 1. The fraction of sp³-hybridized carbons (Fsp3) is 0.312. The Morgan fingerprint density at radius 2 is 1.95 bits per heavy atom. The monoisotopic (exact) mass is 290 g/mol. The summed E-state index contributed by atoms with van der Waals surface area (Å²) < 4.78 is 10.1. The van der Waals surface area contributed by atoms with Gasteiger partial charge in [0, 0.05) is 4.90 Å². The van der Waals surface area contributed by atoms with Crippen molar-refractivity contribution in [2.24, 2.45) is 0 Å². The minimum atomic E-state index is -0.357. The van der Waals surface area contributed by atoms with Gasteiger partial charge >= 0.3 is 5.97 Å². The number of carbonyl (C=O) groups excluding carboxylic acids is 1. The zero-order valence-electron chi connectivity index (χ0n) is 11.9. The third-order valence-electron chi connectivity index (χ3n) is 3.07. The topological polar surface area (TPSA) is 39.4 Å². The van der Waals surface area contributed by atoms with Crippen LogP contribution in [-0.4, -0.2) is 13.1 Å². The van der Waals surface area contributed by atoms with E-state index in [9.17, 15) is 4.79 Å². The lowest BCUT2D eigenvalue weighted by Crippen LogP contribution is -2.02. The van der Waals surface area contributed by atoms with Gasteiger partial charge in [0.2, 0.25) is 0 Å². The SMILES string of the molecule is COC(=O)c1ccoc1CSc1ccc(C(C)C)cc1. The van der Waals surface area contributed by atoms with Gasteiger partial charge in [0.05, 0.1) is 19.1 Å². The van der Waals surface area contributed by atoms with Crippen LogP contribution in [0.2, 0.25) is 0 Å². The number of methoxy groups -OCH3 is 1. The van der Waals surface area contributed by atoms with Crippen LogP contribution in [0.1, 0.15) is 41.4 Å². The zero-order chi connectivity index (χ0) is 14.5. The van der Waals surface area contributed by atoms with Crippen LogP contribution in [0.25, 0.3) is 0 Å². The smallest absolute Gasteiger partial charge is 0.341 e. The first-order chi connectivity index (χ1) is 9.61. The summed E-state index contributed by atoms with van der Waals surface area (Å²) >= 11 is 1.64. The van der Waals surface area contributed by atoms with Crippen LogP contribution in [0.15, 0.2) is 45.9 Å². The Kier molecular flexibility index (Phi) is 4.90. The summed E-state index contributed by atoms with van der Waals surface area (Å²) in [5.74, 6) is 1.43. The number of hydrogen-bond donors (Lipinski definition) is 0. The van der Waals surface area contributed by atoms with Crippen molar-refractivity contribution < 1.29 is 13.9 Å². The molecule has 20 heavy (non-hydrogen) atoms. The summed E-state index contributed by atoms with van der Waals surface area (Å²) in [4.78, 5) is 12.7. The van der Waals surface area contributed by atoms with Gasteiger partial charge in [0.1, 0.15) is 11.3 Å². The van der Waals surface area contributed by atoms with Crippen LogP contribution in [-0.2, 0) is 10.5 Å². The average Bonchev–Trinajstić information content (AvgIpc) is 2.93. The van der Waals surface area contributed by atoms with E-state index in [4.69, 9.17) is 9.15 Å². The first kappa shape index (κ1) is 14.7. The summed E-state index contributed by atoms with van der Waals surface area (Å²) in [5, 5.41) is 0. The molecule has 0 fully saturated rings. The first-order valence-electron chi connectivity index (χ1n) is 6.49. The maximum atomic E-state index is 11.5. The molecule has 0 aliphatic rings. The highest BCUT2D eigenvalue weighted by Gasteiger charge is 2.15. The molecule has 4 heteroatoms. The summed E-state index contributed by atoms with van der Waals surface area (Å²) in [6.45, 7) is 4.35. The number of benzene rings is 1. The van der Waals surface area contributed by atoms with E-state index >= 15 is 0 Å². The van der Waals surface area contributed by atoms with Gasteiger partial charge in [-0.2, -0.15) is 0 Å². The fourth-order valence-corrected chi connectivity index (χ4v) is 2.69. The highest BCUT2D eigenvalue weighted by molar-refractivity contribution is 7.98. The molecular formula is C16H18O3S. The molecule has 0 N–H and O–H groups in total. The van der Waals surface area contributed by atoms with Crippen LogP contribution in [0, 0.1) is 0 Å². The molecule has 0 unspecified atom stereocenters. The van der Waals surface area contributed by atoms with E-state index in [2.05, 4.69) is 38.1 Å². The van der Waals surface area contributed by atoms with E-state index in [-0.39, 0.29) is 5.97 Å². The van der Waals surface area contributed by atoms with Gasteiger partial charge in [-0.1, -0.05) is 26.0 Å². The molecule has 0 aliphatic heterocycles. The Morgan fingerprint density at radius 1 is 1.25 bits per heavy atom. The van der Waals surface area contributed by atoms with E-state index in [1.54, 1.807) is 17.8 Å². The predicted molar refractivity (Wildman–Crippen MR) is 80.1 cm³/mol. The third-order valence-corrected chi connectivity index (χ3v) is 4.08. The molecule has 2 aromatic rings. The molecule has 2 rings (SSSR count). The maximum absolute atomic E-state index is 11.5. The van der Waals surface area contributed by atoms with Crippen LogP contribution in [0.4, 0.5) is 0 Å². The Morgan fingerprint density at radius 3 is 2.55 bits per heavy atom. The first-order valence-corrected chi connectivity index (χ1v) is 7.48. The molecule has 0 atom stereocenters. The number of ether oxygens (including phenoxy) is 1. The van der Waals surface area contributed by atoms with E-state index < -0.39 is 0 Å². The maximum Gasteiger partial charge on any atom is 0.341 e. The molecule has 0 bridgehead atoms. The largest absolute Gasteiger partial charge is 0.468 e. The zero-order valence-corrected chi connectivity index (χ0v) is 12.7. The molecule has 0 amide bonds. The minimum Gasteiger partial charge on any atom is -0.468 e. The molecule has 0 spiro atoms. The highest BCUT2D eigenvalue weighted by Crippen LogP contribution is 2.27. The van der Waals surface area contributed by atoms with Gasteiger partial charge in [-0.25, -0.2) is 4.79 Å². The normalized spacial score (nSPS) is 10.8. The molecule has 0 saturated heterocycles. The fourth-order valence-electron chi connectivity index (χ4n) is 1.84. The number of furan rings is 1. The van der Waals surface area contributed by atoms with Crippen molar-refractivity contribution in [1.82, 2.24) is 0 Å². The van der Waals surface area contributed by atoms with Crippen LogP contribution in [0.5, 0.6) is 0 Å². The van der Waals surface area contributed by atoms with Crippen LogP contribution in [0.3, 0.4) is 0 Å². The van der Waals surface area contributed by atoms with Gasteiger partial charge in [0.15, 0.2) is 0 Å². The lowest BCUT2D eigenvalue weighted by atomic mass is 10.0. The molecule has 0 saturated carbocycles. The van der Waals surface area contributed by atoms with Crippen molar-refractivity contribution in [3.63, 3.8) is 0 Å². The Hall–Kier alpha value is -1.68. The Labute approximate surface area is 123 Å². The van der Waals surface area contributed by atoms with E-state index in [1.165, 1.54) is 18.9 Å². The summed E-state index contributed by atoms with van der Waals surface area (Å²) in [6.07, 6.45) is 1.52. The average molecular weight is 290 g/mol. The molecule has 0 aliphatic carbocycles. The van der Waals surface area contributed by atoms with Gasteiger partial charge < -0.3 is 9.15 Å². The van der Waals surface area contributed by atoms with Gasteiger partial charge in [-0.15, -0.1) is 11.8 Å². The second-order valence-corrected chi connectivity index (χ2v) is 5.81. The van der Waals surface area contributed by atoms with Crippen molar-refractivity contribution in [3.05, 3.63) is 53.5 Å². The van der Waals surface area contributed by atoms with Crippen molar-refractivity contribution in [2.75, 3.05) is 7.11 Å². The van der Waals surface area contributed by atoms with Crippen molar-refractivity contribution in [2.45, 2.75) is 30.4 Å². The molecule has 106 valence electrons. The standard InChI is InChI=1S/C16H18O3S/c1-11(2)12-4-6-13(7-5-12)20-10-15-14(8-9-19-15)16(17)18-3/h4-9,11H,10H2,1-3H3. The third kappa shape index (κ3) is 3.45. The lowest BCUT2D eigenvalue weighted by Gasteiger charge is -2.06. The van der Waals surface area contributed by atoms with Gasteiger partial charge in [-0.05, 0) is 29.7 Å². The number of rotatable bonds is 5. The molecule has 3 nitrogen and oxygen atoms in total. The summed E-state index contributed by atoms with van der Waals surface area (Å²) in [7, 11) is 1.37. The number of hydrogen-bond acceptors (Lipinski definition) is 4. The van der Waals surface area contributed by atoms with Crippen LogP contribution >= 0.6 is 11.8 Å². The second kappa shape index (κ2) is 6.66. The molecule has 0 radical (unpaired) electrons. The van der Waals surface area contributed by atoms with Gasteiger partial charge in [0.25, 0.3) is 0 Å². The highest BCUT2D eigenvalue weighted by atomic mass is 32.2.